The van der Waals surface area contributed by atoms with Gasteiger partial charge in [0.15, 0.2) is 0 Å². The lowest BCUT2D eigenvalue weighted by Crippen LogP contribution is -2.40. The minimum Gasteiger partial charge on any atom is -0.367 e. The second-order valence-electron chi connectivity index (χ2n) is 5.27. The van der Waals surface area contributed by atoms with E-state index in [0.717, 1.165) is 18.4 Å². The van der Waals surface area contributed by atoms with E-state index in [0.29, 0.717) is 12.6 Å². The molecule has 1 aliphatic rings. The SMILES string of the molecule is CN(C(=O)COCc1ccccc1)C1CCCCC1. The number of hydrogen-bond acceptors (Lipinski definition) is 2. The van der Waals surface area contributed by atoms with E-state index >= 15 is 0 Å². The van der Waals surface area contributed by atoms with Gasteiger partial charge in [-0.3, -0.25) is 4.79 Å². The second-order valence-corrected chi connectivity index (χ2v) is 5.27. The topological polar surface area (TPSA) is 29.5 Å². The molecule has 1 amide bonds. The smallest absolute Gasteiger partial charge is 0.248 e. The Bertz CT molecular complexity index is 385. The fraction of sp³-hybridized carbons (Fsp3) is 0.562. The minimum atomic E-state index is 0.0998. The molecule has 1 aliphatic carbocycles. The number of carbonyl (C=O) groups excluding carboxylic acids is 1. The van der Waals surface area contributed by atoms with E-state index in [1.54, 1.807) is 0 Å². The van der Waals surface area contributed by atoms with Crippen LogP contribution < -0.4 is 0 Å². The molecule has 1 fully saturated rings. The average molecular weight is 261 g/mol. The summed E-state index contributed by atoms with van der Waals surface area (Å²) in [6, 6.07) is 10.4. The predicted octanol–water partition coefficient (Wildman–Crippen LogP) is 2.99. The molecule has 0 heterocycles. The quantitative estimate of drug-likeness (QED) is 0.815. The summed E-state index contributed by atoms with van der Waals surface area (Å²) in [6.07, 6.45) is 6.07. The van der Waals surface area contributed by atoms with Crippen LogP contribution in [-0.4, -0.2) is 30.5 Å². The molecule has 0 aromatic heterocycles. The molecule has 1 aromatic carbocycles. The van der Waals surface area contributed by atoms with Crippen LogP contribution in [0.2, 0.25) is 0 Å². The zero-order valence-electron chi connectivity index (χ0n) is 11.7. The van der Waals surface area contributed by atoms with Gasteiger partial charge in [-0.2, -0.15) is 0 Å². The Balaban J connectivity index is 1.71. The highest BCUT2D eigenvalue weighted by atomic mass is 16.5. The van der Waals surface area contributed by atoms with Gasteiger partial charge in [0, 0.05) is 13.1 Å². The molecule has 0 saturated heterocycles. The van der Waals surface area contributed by atoms with Crippen molar-refractivity contribution < 1.29 is 9.53 Å². The highest BCUT2D eigenvalue weighted by molar-refractivity contribution is 5.77. The number of ether oxygens (including phenoxy) is 1. The summed E-state index contributed by atoms with van der Waals surface area (Å²) in [5.74, 6) is 0.0998. The van der Waals surface area contributed by atoms with E-state index < -0.39 is 0 Å². The summed E-state index contributed by atoms with van der Waals surface area (Å²) in [7, 11) is 1.91. The van der Waals surface area contributed by atoms with Crippen molar-refractivity contribution in [1.82, 2.24) is 4.90 Å². The van der Waals surface area contributed by atoms with Crippen molar-refractivity contribution in [3.63, 3.8) is 0 Å². The Morgan fingerprint density at radius 3 is 2.58 bits per heavy atom. The molecule has 2 rings (SSSR count). The van der Waals surface area contributed by atoms with Crippen LogP contribution in [0.1, 0.15) is 37.7 Å². The first-order valence-electron chi connectivity index (χ1n) is 7.14. The summed E-state index contributed by atoms with van der Waals surface area (Å²) in [6.45, 7) is 0.687. The number of amides is 1. The van der Waals surface area contributed by atoms with Crippen molar-refractivity contribution in [1.29, 1.82) is 0 Å². The Morgan fingerprint density at radius 2 is 1.89 bits per heavy atom. The highest BCUT2D eigenvalue weighted by Gasteiger charge is 2.21. The third kappa shape index (κ3) is 4.35. The molecule has 0 aliphatic heterocycles. The van der Waals surface area contributed by atoms with E-state index in [1.807, 2.05) is 42.3 Å². The van der Waals surface area contributed by atoms with E-state index in [1.165, 1.54) is 19.3 Å². The highest BCUT2D eigenvalue weighted by Crippen LogP contribution is 2.21. The number of rotatable bonds is 5. The van der Waals surface area contributed by atoms with Gasteiger partial charge in [0.2, 0.25) is 5.91 Å². The van der Waals surface area contributed by atoms with Crippen LogP contribution in [0, 0.1) is 0 Å². The molecule has 1 saturated carbocycles. The largest absolute Gasteiger partial charge is 0.367 e. The van der Waals surface area contributed by atoms with Crippen molar-refractivity contribution in [3.8, 4) is 0 Å². The molecule has 19 heavy (non-hydrogen) atoms. The fourth-order valence-corrected chi connectivity index (χ4v) is 2.60. The van der Waals surface area contributed by atoms with Crippen LogP contribution in [0.15, 0.2) is 30.3 Å². The first-order chi connectivity index (χ1) is 9.27. The van der Waals surface area contributed by atoms with Crippen molar-refractivity contribution in [2.24, 2.45) is 0 Å². The first kappa shape index (κ1) is 14.1. The van der Waals surface area contributed by atoms with E-state index in [2.05, 4.69) is 0 Å². The van der Waals surface area contributed by atoms with Gasteiger partial charge in [0.1, 0.15) is 6.61 Å². The lowest BCUT2D eigenvalue weighted by molar-refractivity contribution is -0.137. The summed E-state index contributed by atoms with van der Waals surface area (Å²) in [5.41, 5.74) is 1.11. The standard InChI is InChI=1S/C16H23NO2/c1-17(15-10-6-3-7-11-15)16(18)13-19-12-14-8-4-2-5-9-14/h2,4-5,8-9,15H,3,6-7,10-13H2,1H3. The molecule has 3 nitrogen and oxygen atoms in total. The molecule has 0 N–H and O–H groups in total. The third-order valence-electron chi connectivity index (χ3n) is 3.85. The van der Waals surface area contributed by atoms with Crippen LogP contribution in [-0.2, 0) is 16.1 Å². The molecule has 0 atom stereocenters. The molecule has 0 spiro atoms. The van der Waals surface area contributed by atoms with Gasteiger partial charge in [0.05, 0.1) is 6.61 Å². The van der Waals surface area contributed by atoms with Crippen LogP contribution in [0.3, 0.4) is 0 Å². The Morgan fingerprint density at radius 1 is 1.21 bits per heavy atom. The van der Waals surface area contributed by atoms with Crippen LogP contribution in [0.5, 0.6) is 0 Å². The number of likely N-dealkylation sites (N-methyl/N-ethyl adjacent to an activating group) is 1. The van der Waals surface area contributed by atoms with E-state index in [-0.39, 0.29) is 12.5 Å². The predicted molar refractivity (Wildman–Crippen MR) is 75.7 cm³/mol. The van der Waals surface area contributed by atoms with Gasteiger partial charge in [0.25, 0.3) is 0 Å². The van der Waals surface area contributed by atoms with Crippen molar-refractivity contribution in [2.75, 3.05) is 13.7 Å². The molecular weight excluding hydrogens is 238 g/mol. The van der Waals surface area contributed by atoms with Gasteiger partial charge in [-0.1, -0.05) is 49.6 Å². The van der Waals surface area contributed by atoms with Crippen LogP contribution in [0.4, 0.5) is 0 Å². The number of nitrogens with zero attached hydrogens (tertiary/aromatic N) is 1. The zero-order valence-corrected chi connectivity index (χ0v) is 11.7. The maximum Gasteiger partial charge on any atom is 0.248 e. The fourth-order valence-electron chi connectivity index (χ4n) is 2.60. The molecule has 0 bridgehead atoms. The van der Waals surface area contributed by atoms with Gasteiger partial charge in [-0.15, -0.1) is 0 Å². The van der Waals surface area contributed by atoms with Gasteiger partial charge in [-0.05, 0) is 18.4 Å². The van der Waals surface area contributed by atoms with Gasteiger partial charge in [-0.25, -0.2) is 0 Å². The third-order valence-corrected chi connectivity index (χ3v) is 3.85. The molecule has 3 heteroatoms. The second kappa shape index (κ2) is 7.29. The summed E-state index contributed by atoms with van der Waals surface area (Å²) >= 11 is 0. The molecule has 1 aromatic rings. The van der Waals surface area contributed by atoms with Gasteiger partial charge >= 0.3 is 0 Å². The summed E-state index contributed by atoms with van der Waals surface area (Å²) < 4.78 is 5.50. The summed E-state index contributed by atoms with van der Waals surface area (Å²) in [4.78, 5) is 13.9. The average Bonchev–Trinajstić information content (AvgIpc) is 2.48. The first-order valence-corrected chi connectivity index (χ1v) is 7.14. The molecule has 0 unspecified atom stereocenters. The van der Waals surface area contributed by atoms with Crippen molar-refractivity contribution >= 4 is 5.91 Å². The lowest BCUT2D eigenvalue weighted by atomic mass is 9.94. The monoisotopic (exact) mass is 261 g/mol. The summed E-state index contributed by atoms with van der Waals surface area (Å²) in [5, 5.41) is 0. The molecule has 0 radical (unpaired) electrons. The van der Waals surface area contributed by atoms with Crippen molar-refractivity contribution in [2.45, 2.75) is 44.8 Å². The maximum absolute atomic E-state index is 12.0. The Kier molecular flexibility index (Phi) is 5.40. The van der Waals surface area contributed by atoms with Crippen LogP contribution >= 0.6 is 0 Å². The molecular formula is C16H23NO2. The maximum atomic E-state index is 12.0. The van der Waals surface area contributed by atoms with Crippen LogP contribution in [0.25, 0.3) is 0 Å². The van der Waals surface area contributed by atoms with Crippen molar-refractivity contribution in [3.05, 3.63) is 35.9 Å². The minimum absolute atomic E-state index is 0.0998. The number of carbonyl (C=O) groups is 1. The van der Waals surface area contributed by atoms with E-state index in [9.17, 15) is 4.79 Å². The zero-order chi connectivity index (χ0) is 13.5. The Hall–Kier alpha value is -1.35. The molecule has 104 valence electrons. The number of benzene rings is 1. The number of hydrogen-bond donors (Lipinski definition) is 0. The Labute approximate surface area is 115 Å². The lowest BCUT2D eigenvalue weighted by Gasteiger charge is -2.31. The van der Waals surface area contributed by atoms with E-state index in [4.69, 9.17) is 4.74 Å². The van der Waals surface area contributed by atoms with Gasteiger partial charge < -0.3 is 9.64 Å². The normalized spacial score (nSPS) is 16.3.